The summed E-state index contributed by atoms with van der Waals surface area (Å²) in [5, 5.41) is 0. The van der Waals surface area contributed by atoms with E-state index in [1.54, 1.807) is 27.7 Å². The Hall–Kier alpha value is 0.220. The van der Waals surface area contributed by atoms with Gasteiger partial charge in [-0.05, 0) is 27.7 Å². The van der Waals surface area contributed by atoms with Crippen LogP contribution in [0.15, 0.2) is 0 Å². The summed E-state index contributed by atoms with van der Waals surface area (Å²) in [7, 11) is -5.22. The van der Waals surface area contributed by atoms with Gasteiger partial charge in [-0.2, -0.15) is 0 Å². The molecule has 2 atom stereocenters. The van der Waals surface area contributed by atoms with Crippen molar-refractivity contribution in [3.63, 3.8) is 0 Å². The molecule has 0 aliphatic carbocycles. The van der Waals surface area contributed by atoms with E-state index >= 15 is 0 Å². The van der Waals surface area contributed by atoms with E-state index in [-0.39, 0.29) is 6.61 Å². The minimum Gasteiger partial charge on any atom is -0.303 e. The first kappa shape index (κ1) is 20.5. The molecule has 0 saturated carbocycles. The van der Waals surface area contributed by atoms with Crippen LogP contribution in [0.5, 0.6) is 0 Å². The number of hydrogen-bond donors (Lipinski definition) is 2. The van der Waals surface area contributed by atoms with Crippen LogP contribution in [0.4, 0.5) is 0 Å². The first-order chi connectivity index (χ1) is 7.89. The minimum absolute atomic E-state index is 0.182. The second kappa shape index (κ2) is 8.40. The maximum Gasteiger partial charge on any atom is 0.472 e. The SMILES string of the molecule is CCOP(=O)(O)OC.COP(=O)(O)OC(C)(C)C. The van der Waals surface area contributed by atoms with Gasteiger partial charge >= 0.3 is 15.6 Å². The van der Waals surface area contributed by atoms with Crippen molar-refractivity contribution in [2.24, 2.45) is 0 Å². The van der Waals surface area contributed by atoms with Crippen LogP contribution in [0.1, 0.15) is 27.7 Å². The molecule has 18 heavy (non-hydrogen) atoms. The van der Waals surface area contributed by atoms with Gasteiger partial charge in [-0.3, -0.25) is 18.1 Å². The summed E-state index contributed by atoms with van der Waals surface area (Å²) in [6.07, 6.45) is 0. The molecular formula is C8H22O8P2. The van der Waals surface area contributed by atoms with Crippen molar-refractivity contribution in [1.29, 1.82) is 0 Å². The molecule has 112 valence electrons. The Morgan fingerprint density at radius 2 is 1.39 bits per heavy atom. The Morgan fingerprint density at radius 1 is 1.00 bits per heavy atom. The predicted octanol–water partition coefficient (Wildman–Crippen LogP) is 2.32. The average molecular weight is 308 g/mol. The highest BCUT2D eigenvalue weighted by Crippen LogP contribution is 2.45. The lowest BCUT2D eigenvalue weighted by atomic mass is 10.2. The summed E-state index contributed by atoms with van der Waals surface area (Å²) in [6.45, 7) is 6.82. The van der Waals surface area contributed by atoms with Crippen LogP contribution in [-0.4, -0.2) is 36.2 Å². The van der Waals surface area contributed by atoms with Gasteiger partial charge in [0.15, 0.2) is 0 Å². The fourth-order valence-electron chi connectivity index (χ4n) is 0.599. The second-order valence-corrected chi connectivity index (χ2v) is 6.97. The normalized spacial score (nSPS) is 18.2. The maximum atomic E-state index is 10.7. The van der Waals surface area contributed by atoms with Crippen molar-refractivity contribution in [3.05, 3.63) is 0 Å². The lowest BCUT2D eigenvalue weighted by Gasteiger charge is -2.21. The van der Waals surface area contributed by atoms with Gasteiger partial charge in [0.1, 0.15) is 0 Å². The molecule has 2 unspecified atom stereocenters. The van der Waals surface area contributed by atoms with Gasteiger partial charge in [-0.1, -0.05) is 0 Å². The van der Waals surface area contributed by atoms with Crippen molar-refractivity contribution in [2.45, 2.75) is 33.3 Å². The zero-order valence-corrected chi connectivity index (χ0v) is 13.2. The fourth-order valence-corrected chi connectivity index (χ4v) is 1.80. The van der Waals surface area contributed by atoms with Crippen LogP contribution in [0.25, 0.3) is 0 Å². The maximum absolute atomic E-state index is 10.7. The highest BCUT2D eigenvalue weighted by Gasteiger charge is 2.26. The molecule has 0 rings (SSSR count). The summed E-state index contributed by atoms with van der Waals surface area (Å²) in [5.41, 5.74) is -0.652. The zero-order valence-electron chi connectivity index (χ0n) is 11.4. The highest BCUT2D eigenvalue weighted by atomic mass is 31.2. The second-order valence-electron chi connectivity index (χ2n) is 3.92. The third-order valence-corrected chi connectivity index (χ3v) is 3.43. The van der Waals surface area contributed by atoms with Crippen LogP contribution in [0.3, 0.4) is 0 Å². The van der Waals surface area contributed by atoms with E-state index in [4.69, 9.17) is 9.79 Å². The van der Waals surface area contributed by atoms with E-state index in [0.717, 1.165) is 14.2 Å². The third kappa shape index (κ3) is 14.3. The topological polar surface area (TPSA) is 112 Å². The van der Waals surface area contributed by atoms with Crippen molar-refractivity contribution < 1.29 is 37.0 Å². The molecule has 0 saturated heterocycles. The monoisotopic (exact) mass is 308 g/mol. The summed E-state index contributed by atoms with van der Waals surface area (Å²) >= 11 is 0. The number of hydrogen-bond acceptors (Lipinski definition) is 6. The lowest BCUT2D eigenvalue weighted by molar-refractivity contribution is 0.0714. The van der Waals surface area contributed by atoms with E-state index in [1.807, 2.05) is 0 Å². The molecule has 0 heterocycles. The largest absolute Gasteiger partial charge is 0.472 e. The zero-order chi connectivity index (χ0) is 15.0. The van der Waals surface area contributed by atoms with Crippen LogP contribution < -0.4 is 0 Å². The minimum atomic E-state index is -3.79. The average Bonchev–Trinajstić information content (AvgIpc) is 2.15. The van der Waals surface area contributed by atoms with Crippen molar-refractivity contribution in [2.75, 3.05) is 20.8 Å². The van der Waals surface area contributed by atoms with Crippen molar-refractivity contribution >= 4 is 15.6 Å². The molecule has 10 heteroatoms. The van der Waals surface area contributed by atoms with Gasteiger partial charge in [-0.25, -0.2) is 9.13 Å². The van der Waals surface area contributed by atoms with Crippen LogP contribution in [0.2, 0.25) is 0 Å². The number of phosphoric acid groups is 2. The molecule has 0 amide bonds. The van der Waals surface area contributed by atoms with Crippen LogP contribution in [-0.2, 0) is 27.2 Å². The molecular weight excluding hydrogens is 286 g/mol. The molecule has 0 aliphatic heterocycles. The van der Waals surface area contributed by atoms with Gasteiger partial charge in [0, 0.05) is 14.2 Å². The summed E-state index contributed by atoms with van der Waals surface area (Å²) in [4.78, 5) is 17.2. The van der Waals surface area contributed by atoms with E-state index in [0.29, 0.717) is 0 Å². The first-order valence-electron chi connectivity index (χ1n) is 5.01. The van der Waals surface area contributed by atoms with E-state index in [1.165, 1.54) is 0 Å². The Kier molecular flexibility index (Phi) is 9.59. The number of phosphoric ester groups is 2. The standard InChI is InChI=1S/C5H13O4P.C3H9O4P/c1-5(2,3)9-10(6,7)8-4;1-3-7-8(4,5)6-2/h1-4H3,(H,6,7);3H2,1-2H3,(H,4,5). The van der Waals surface area contributed by atoms with Gasteiger partial charge in [-0.15, -0.1) is 0 Å². The molecule has 0 aliphatic rings. The van der Waals surface area contributed by atoms with Crippen molar-refractivity contribution in [3.8, 4) is 0 Å². The van der Waals surface area contributed by atoms with Gasteiger partial charge < -0.3 is 9.79 Å². The lowest BCUT2D eigenvalue weighted by Crippen LogP contribution is -2.17. The molecule has 8 nitrogen and oxygen atoms in total. The van der Waals surface area contributed by atoms with E-state index in [9.17, 15) is 9.13 Å². The summed E-state index contributed by atoms with van der Waals surface area (Å²) < 4.78 is 38.2. The van der Waals surface area contributed by atoms with Crippen LogP contribution >= 0.6 is 15.6 Å². The quantitative estimate of drug-likeness (QED) is 0.744. The molecule has 0 aromatic carbocycles. The Bertz CT molecular complexity index is 311. The Morgan fingerprint density at radius 3 is 1.50 bits per heavy atom. The molecule has 0 spiro atoms. The number of rotatable bonds is 5. The Balaban J connectivity index is 0. The smallest absolute Gasteiger partial charge is 0.303 e. The third-order valence-electron chi connectivity index (χ3n) is 1.14. The van der Waals surface area contributed by atoms with E-state index in [2.05, 4.69) is 18.1 Å². The van der Waals surface area contributed by atoms with Gasteiger partial charge in [0.25, 0.3) is 0 Å². The molecule has 0 radical (unpaired) electrons. The highest BCUT2D eigenvalue weighted by molar-refractivity contribution is 7.47. The molecule has 0 aromatic rings. The van der Waals surface area contributed by atoms with Gasteiger partial charge in [0.05, 0.1) is 12.2 Å². The van der Waals surface area contributed by atoms with Crippen molar-refractivity contribution in [1.82, 2.24) is 0 Å². The molecule has 2 N–H and O–H groups in total. The Labute approximate surface area is 107 Å². The molecule has 0 bridgehead atoms. The first-order valence-corrected chi connectivity index (χ1v) is 8.00. The molecule has 0 fully saturated rings. The fraction of sp³-hybridized carbons (Fsp3) is 1.00. The van der Waals surface area contributed by atoms with E-state index < -0.39 is 21.2 Å². The molecule has 0 aromatic heterocycles. The van der Waals surface area contributed by atoms with Gasteiger partial charge in [0.2, 0.25) is 0 Å². The van der Waals surface area contributed by atoms with Crippen LogP contribution in [0, 0.1) is 0 Å². The summed E-state index contributed by atoms with van der Waals surface area (Å²) in [6, 6.07) is 0. The predicted molar refractivity (Wildman–Crippen MR) is 66.1 cm³/mol. The summed E-state index contributed by atoms with van der Waals surface area (Å²) in [5.74, 6) is 0.